The van der Waals surface area contributed by atoms with Gasteiger partial charge in [0.15, 0.2) is 0 Å². The van der Waals surface area contributed by atoms with Gasteiger partial charge in [0.25, 0.3) is 10.2 Å². The van der Waals surface area contributed by atoms with Crippen LogP contribution in [0.4, 0.5) is 0 Å². The molecule has 14 heavy (non-hydrogen) atoms. The molecule has 0 saturated carbocycles. The van der Waals surface area contributed by atoms with Crippen molar-refractivity contribution in [3.05, 3.63) is 0 Å². The summed E-state index contributed by atoms with van der Waals surface area (Å²) in [5.74, 6) is 0.185. The molecule has 0 bridgehead atoms. The van der Waals surface area contributed by atoms with Crippen molar-refractivity contribution in [1.29, 1.82) is 0 Å². The third-order valence-electron chi connectivity index (χ3n) is 2.06. The molecular weight excluding hydrogens is 202 g/mol. The quantitative estimate of drug-likeness (QED) is 0.673. The van der Waals surface area contributed by atoms with Gasteiger partial charge in [-0.15, -0.1) is 0 Å². The molecule has 1 unspecified atom stereocenters. The summed E-state index contributed by atoms with van der Waals surface area (Å²) in [5, 5.41) is 0. The largest absolute Gasteiger partial charge is 0.330 e. The predicted octanol–water partition coefficient (Wildman–Crippen LogP) is -0.290. The zero-order chi connectivity index (χ0) is 11.4. The van der Waals surface area contributed by atoms with Crippen molar-refractivity contribution in [2.45, 2.75) is 13.8 Å². The van der Waals surface area contributed by atoms with E-state index < -0.39 is 10.2 Å². The van der Waals surface area contributed by atoms with E-state index in [1.165, 1.54) is 22.7 Å². The Kier molecular flexibility index (Phi) is 5.58. The molecule has 0 aliphatic carbocycles. The van der Waals surface area contributed by atoms with E-state index in [0.717, 1.165) is 0 Å². The lowest BCUT2D eigenvalue weighted by Gasteiger charge is -2.26. The molecule has 0 aliphatic rings. The molecular formula is C8H21N3O2S. The molecule has 6 heteroatoms. The highest BCUT2D eigenvalue weighted by molar-refractivity contribution is 7.86. The van der Waals surface area contributed by atoms with Crippen LogP contribution in [0.1, 0.15) is 13.8 Å². The van der Waals surface area contributed by atoms with E-state index in [2.05, 4.69) is 0 Å². The molecule has 1 atom stereocenters. The molecule has 0 aliphatic heterocycles. The highest BCUT2D eigenvalue weighted by Crippen LogP contribution is 2.07. The van der Waals surface area contributed by atoms with E-state index in [1.54, 1.807) is 0 Å². The van der Waals surface area contributed by atoms with Gasteiger partial charge < -0.3 is 5.73 Å². The summed E-state index contributed by atoms with van der Waals surface area (Å²) in [5.41, 5.74) is 5.46. The fraction of sp³-hybridized carbons (Fsp3) is 1.00. The zero-order valence-electron chi connectivity index (χ0n) is 9.40. The fourth-order valence-electron chi connectivity index (χ4n) is 1.04. The Morgan fingerprint density at radius 1 is 1.36 bits per heavy atom. The Morgan fingerprint density at radius 2 is 1.86 bits per heavy atom. The summed E-state index contributed by atoms with van der Waals surface area (Å²) in [4.78, 5) is 0. The molecule has 0 spiro atoms. The monoisotopic (exact) mass is 223 g/mol. The summed E-state index contributed by atoms with van der Waals surface area (Å²) >= 11 is 0. The second kappa shape index (κ2) is 5.65. The summed E-state index contributed by atoms with van der Waals surface area (Å²) in [6.07, 6.45) is 0. The van der Waals surface area contributed by atoms with Crippen LogP contribution in [-0.2, 0) is 10.2 Å². The van der Waals surface area contributed by atoms with Crippen LogP contribution in [0, 0.1) is 5.92 Å². The molecule has 0 aromatic heterocycles. The van der Waals surface area contributed by atoms with Gasteiger partial charge in [0.2, 0.25) is 0 Å². The normalized spacial score (nSPS) is 15.1. The highest BCUT2D eigenvalue weighted by atomic mass is 32.2. The summed E-state index contributed by atoms with van der Waals surface area (Å²) in [6.45, 7) is 5.22. The van der Waals surface area contributed by atoms with Gasteiger partial charge in [-0.1, -0.05) is 13.8 Å². The molecule has 0 radical (unpaired) electrons. The van der Waals surface area contributed by atoms with E-state index in [4.69, 9.17) is 5.73 Å². The first-order valence-electron chi connectivity index (χ1n) is 4.73. The number of hydrogen-bond acceptors (Lipinski definition) is 3. The molecule has 0 aromatic carbocycles. The van der Waals surface area contributed by atoms with Crippen molar-refractivity contribution in [1.82, 2.24) is 8.61 Å². The van der Waals surface area contributed by atoms with E-state index >= 15 is 0 Å². The van der Waals surface area contributed by atoms with Crippen LogP contribution in [-0.4, -0.2) is 50.8 Å². The molecule has 0 heterocycles. The smallest absolute Gasteiger partial charge is 0.281 e. The zero-order valence-corrected chi connectivity index (χ0v) is 10.2. The molecule has 0 amide bonds. The van der Waals surface area contributed by atoms with E-state index in [1.807, 2.05) is 13.8 Å². The Labute approximate surface area is 87.0 Å². The maximum Gasteiger partial charge on any atom is 0.281 e. The van der Waals surface area contributed by atoms with Crippen LogP contribution in [0.5, 0.6) is 0 Å². The molecule has 0 fully saturated rings. The number of nitrogens with zero attached hydrogens (tertiary/aromatic N) is 2. The SMILES string of the molecule is CCN(CC(C)CN)S(=O)(=O)N(C)C. The van der Waals surface area contributed by atoms with Crippen molar-refractivity contribution in [2.75, 3.05) is 33.7 Å². The molecule has 0 rings (SSSR count). The average molecular weight is 223 g/mol. The van der Waals surface area contributed by atoms with E-state index in [-0.39, 0.29) is 5.92 Å². The summed E-state index contributed by atoms with van der Waals surface area (Å²) in [7, 11) is -0.217. The lowest BCUT2D eigenvalue weighted by atomic mass is 10.2. The Balaban J connectivity index is 4.57. The van der Waals surface area contributed by atoms with Crippen molar-refractivity contribution in [3.63, 3.8) is 0 Å². The van der Waals surface area contributed by atoms with Crippen molar-refractivity contribution < 1.29 is 8.42 Å². The topological polar surface area (TPSA) is 66.6 Å². The van der Waals surface area contributed by atoms with Gasteiger partial charge >= 0.3 is 0 Å². The molecule has 5 nitrogen and oxygen atoms in total. The number of hydrogen-bond donors (Lipinski definition) is 1. The first-order valence-corrected chi connectivity index (χ1v) is 6.13. The van der Waals surface area contributed by atoms with Gasteiger partial charge in [-0.2, -0.15) is 17.0 Å². The minimum atomic E-state index is -3.28. The van der Waals surface area contributed by atoms with Gasteiger partial charge in [0.1, 0.15) is 0 Å². The lowest BCUT2D eigenvalue weighted by molar-refractivity contribution is 0.346. The summed E-state index contributed by atoms with van der Waals surface area (Å²) in [6, 6.07) is 0. The van der Waals surface area contributed by atoms with E-state index in [9.17, 15) is 8.42 Å². The standard InChI is InChI=1S/C8H21N3O2S/c1-5-11(7-8(2)6-9)14(12,13)10(3)4/h8H,5-7,9H2,1-4H3. The minimum Gasteiger partial charge on any atom is -0.330 e. The number of rotatable bonds is 6. The van der Waals surface area contributed by atoms with Gasteiger partial charge in [-0.3, -0.25) is 0 Å². The van der Waals surface area contributed by atoms with Gasteiger partial charge in [0, 0.05) is 27.2 Å². The minimum absolute atomic E-state index is 0.185. The van der Waals surface area contributed by atoms with E-state index in [0.29, 0.717) is 19.6 Å². The van der Waals surface area contributed by atoms with Gasteiger partial charge in [0.05, 0.1) is 0 Å². The third kappa shape index (κ3) is 3.53. The molecule has 0 saturated heterocycles. The predicted molar refractivity (Wildman–Crippen MR) is 58.1 cm³/mol. The van der Waals surface area contributed by atoms with Crippen LogP contribution in [0.2, 0.25) is 0 Å². The first kappa shape index (κ1) is 13.8. The second-order valence-corrected chi connectivity index (χ2v) is 5.72. The van der Waals surface area contributed by atoms with Crippen molar-refractivity contribution >= 4 is 10.2 Å². The molecule has 86 valence electrons. The van der Waals surface area contributed by atoms with Crippen LogP contribution in [0.25, 0.3) is 0 Å². The molecule has 2 N–H and O–H groups in total. The van der Waals surface area contributed by atoms with Crippen LogP contribution < -0.4 is 5.73 Å². The van der Waals surface area contributed by atoms with Gasteiger partial charge in [-0.05, 0) is 12.5 Å². The number of nitrogens with two attached hydrogens (primary N) is 1. The highest BCUT2D eigenvalue weighted by Gasteiger charge is 2.23. The maximum atomic E-state index is 11.7. The van der Waals surface area contributed by atoms with Crippen molar-refractivity contribution in [2.24, 2.45) is 11.7 Å². The average Bonchev–Trinajstić information content (AvgIpc) is 2.12. The fourth-order valence-corrected chi connectivity index (χ4v) is 2.27. The van der Waals surface area contributed by atoms with Crippen LogP contribution in [0.3, 0.4) is 0 Å². The summed E-state index contributed by atoms with van der Waals surface area (Å²) < 4.78 is 26.1. The third-order valence-corrected chi connectivity index (χ3v) is 4.04. The Morgan fingerprint density at radius 3 is 2.14 bits per heavy atom. The Hall–Kier alpha value is -0.170. The Bertz CT molecular complexity index is 251. The lowest BCUT2D eigenvalue weighted by Crippen LogP contribution is -2.43. The second-order valence-electron chi connectivity index (χ2n) is 3.58. The van der Waals surface area contributed by atoms with Crippen LogP contribution in [0.15, 0.2) is 0 Å². The first-order chi connectivity index (χ1) is 6.36. The van der Waals surface area contributed by atoms with Crippen molar-refractivity contribution in [3.8, 4) is 0 Å². The maximum absolute atomic E-state index is 11.7. The van der Waals surface area contributed by atoms with Crippen LogP contribution >= 0.6 is 0 Å². The van der Waals surface area contributed by atoms with Gasteiger partial charge in [-0.25, -0.2) is 0 Å². The molecule has 0 aromatic rings.